The molecule has 0 N–H and O–H groups in total. The maximum atomic E-state index is 11.9. The lowest BCUT2D eigenvalue weighted by molar-refractivity contribution is -0.134. The molecule has 2 aliphatic rings. The quantitative estimate of drug-likeness (QED) is 0.697. The molecule has 2 rings (SSSR count). The first-order chi connectivity index (χ1) is 7.36. The van der Waals surface area contributed by atoms with Gasteiger partial charge in [-0.2, -0.15) is 0 Å². The summed E-state index contributed by atoms with van der Waals surface area (Å²) in [6.07, 6.45) is 6.66. The molecule has 2 fully saturated rings. The monoisotopic (exact) mass is 211 g/mol. The van der Waals surface area contributed by atoms with Crippen LogP contribution >= 0.6 is 0 Å². The van der Waals surface area contributed by atoms with Gasteiger partial charge in [0.25, 0.3) is 0 Å². The van der Waals surface area contributed by atoms with Gasteiger partial charge in [0, 0.05) is 32.7 Å². The molecular weight excluding hydrogens is 190 g/mol. The number of piperidine rings is 1. The molecule has 1 atom stereocenters. The molecule has 0 aromatic rings. The van der Waals surface area contributed by atoms with Crippen molar-refractivity contribution in [2.45, 2.75) is 38.5 Å². The molecule has 2 aliphatic heterocycles. The molecule has 86 valence electrons. The number of nitrogens with zero attached hydrogens (tertiary/aromatic N) is 1. The zero-order valence-corrected chi connectivity index (χ0v) is 9.41. The summed E-state index contributed by atoms with van der Waals surface area (Å²) >= 11 is 0. The van der Waals surface area contributed by atoms with E-state index in [9.17, 15) is 4.79 Å². The molecule has 1 unspecified atom stereocenters. The number of likely N-dealkylation sites (tertiary alicyclic amines) is 1. The number of rotatable bonds is 2. The van der Waals surface area contributed by atoms with Crippen LogP contribution in [0.3, 0.4) is 0 Å². The first kappa shape index (κ1) is 10.9. The minimum Gasteiger partial charge on any atom is -0.381 e. The molecule has 3 nitrogen and oxygen atoms in total. The van der Waals surface area contributed by atoms with E-state index in [1.54, 1.807) is 0 Å². The normalized spacial score (nSPS) is 27.7. The SMILES string of the molecule is O=C(CC1CCCOC1)N1CCCCC1. The lowest BCUT2D eigenvalue weighted by Crippen LogP contribution is -2.37. The van der Waals surface area contributed by atoms with Gasteiger partial charge < -0.3 is 9.64 Å². The second-order valence-corrected chi connectivity index (χ2v) is 4.73. The molecule has 3 heteroatoms. The van der Waals surface area contributed by atoms with Gasteiger partial charge in [-0.3, -0.25) is 4.79 Å². The smallest absolute Gasteiger partial charge is 0.222 e. The summed E-state index contributed by atoms with van der Waals surface area (Å²) in [5.41, 5.74) is 0. The minimum atomic E-state index is 0.352. The third kappa shape index (κ3) is 3.20. The van der Waals surface area contributed by atoms with Gasteiger partial charge in [-0.15, -0.1) is 0 Å². The number of carbonyl (C=O) groups excluding carboxylic acids is 1. The highest BCUT2D eigenvalue weighted by Gasteiger charge is 2.22. The average molecular weight is 211 g/mol. The van der Waals surface area contributed by atoms with Gasteiger partial charge in [0.15, 0.2) is 0 Å². The van der Waals surface area contributed by atoms with Gasteiger partial charge in [0.1, 0.15) is 0 Å². The zero-order valence-electron chi connectivity index (χ0n) is 9.41. The van der Waals surface area contributed by atoms with Gasteiger partial charge in [0.05, 0.1) is 0 Å². The second-order valence-electron chi connectivity index (χ2n) is 4.73. The van der Waals surface area contributed by atoms with E-state index in [0.717, 1.165) is 32.7 Å². The van der Waals surface area contributed by atoms with Gasteiger partial charge in [-0.25, -0.2) is 0 Å². The summed E-state index contributed by atoms with van der Waals surface area (Å²) in [5.74, 6) is 0.832. The number of carbonyl (C=O) groups is 1. The fourth-order valence-electron chi connectivity index (χ4n) is 2.49. The molecule has 2 saturated heterocycles. The van der Waals surface area contributed by atoms with Crippen molar-refractivity contribution in [3.63, 3.8) is 0 Å². The second kappa shape index (κ2) is 5.50. The van der Waals surface area contributed by atoms with Crippen LogP contribution in [0.5, 0.6) is 0 Å². The number of amides is 1. The Labute approximate surface area is 91.8 Å². The summed E-state index contributed by atoms with van der Waals surface area (Å²) < 4.78 is 5.40. The van der Waals surface area contributed by atoms with E-state index in [1.165, 1.54) is 25.7 Å². The summed E-state index contributed by atoms with van der Waals surface area (Å²) in [7, 11) is 0. The van der Waals surface area contributed by atoms with Crippen molar-refractivity contribution in [3.05, 3.63) is 0 Å². The molecule has 0 bridgehead atoms. The van der Waals surface area contributed by atoms with E-state index in [-0.39, 0.29) is 0 Å². The van der Waals surface area contributed by atoms with Crippen LogP contribution in [-0.4, -0.2) is 37.1 Å². The van der Waals surface area contributed by atoms with Crippen LogP contribution in [0.15, 0.2) is 0 Å². The first-order valence-electron chi connectivity index (χ1n) is 6.22. The molecule has 2 heterocycles. The molecule has 15 heavy (non-hydrogen) atoms. The van der Waals surface area contributed by atoms with Crippen LogP contribution in [0.1, 0.15) is 38.5 Å². The average Bonchev–Trinajstić information content (AvgIpc) is 2.31. The Morgan fingerprint density at radius 2 is 2.00 bits per heavy atom. The van der Waals surface area contributed by atoms with Crippen LogP contribution in [0.4, 0.5) is 0 Å². The molecule has 0 spiro atoms. The van der Waals surface area contributed by atoms with Crippen LogP contribution in [0.25, 0.3) is 0 Å². The van der Waals surface area contributed by atoms with Gasteiger partial charge in [-0.1, -0.05) is 0 Å². The Bertz CT molecular complexity index is 206. The fourth-order valence-corrected chi connectivity index (χ4v) is 2.49. The molecule has 0 saturated carbocycles. The number of ether oxygens (including phenoxy) is 1. The van der Waals surface area contributed by atoms with Gasteiger partial charge >= 0.3 is 0 Å². The summed E-state index contributed by atoms with van der Waals surface area (Å²) in [6.45, 7) is 3.63. The van der Waals surface area contributed by atoms with Crippen molar-refractivity contribution in [2.75, 3.05) is 26.3 Å². The molecule has 0 aromatic carbocycles. The lowest BCUT2D eigenvalue weighted by atomic mass is 9.97. The van der Waals surface area contributed by atoms with E-state index >= 15 is 0 Å². The topological polar surface area (TPSA) is 29.5 Å². The van der Waals surface area contributed by atoms with Crippen molar-refractivity contribution < 1.29 is 9.53 Å². The molecule has 1 amide bonds. The highest BCUT2D eigenvalue weighted by Crippen LogP contribution is 2.19. The minimum absolute atomic E-state index is 0.352. The van der Waals surface area contributed by atoms with E-state index in [2.05, 4.69) is 0 Å². The van der Waals surface area contributed by atoms with Crippen LogP contribution in [0, 0.1) is 5.92 Å². The Hall–Kier alpha value is -0.570. The van der Waals surface area contributed by atoms with Crippen molar-refractivity contribution in [3.8, 4) is 0 Å². The van der Waals surface area contributed by atoms with Crippen LogP contribution in [0.2, 0.25) is 0 Å². The van der Waals surface area contributed by atoms with Crippen molar-refractivity contribution in [1.82, 2.24) is 4.90 Å². The van der Waals surface area contributed by atoms with Gasteiger partial charge in [0.2, 0.25) is 5.91 Å². The number of hydrogen-bond donors (Lipinski definition) is 0. The van der Waals surface area contributed by atoms with Crippen LogP contribution < -0.4 is 0 Å². The van der Waals surface area contributed by atoms with Crippen LogP contribution in [-0.2, 0) is 9.53 Å². The largest absolute Gasteiger partial charge is 0.381 e. The van der Waals surface area contributed by atoms with E-state index in [0.29, 0.717) is 18.2 Å². The van der Waals surface area contributed by atoms with Crippen molar-refractivity contribution in [2.24, 2.45) is 5.92 Å². The number of hydrogen-bond acceptors (Lipinski definition) is 2. The Kier molecular flexibility index (Phi) is 4.01. The molecular formula is C12H21NO2. The maximum absolute atomic E-state index is 11.9. The highest BCUT2D eigenvalue weighted by atomic mass is 16.5. The van der Waals surface area contributed by atoms with Gasteiger partial charge in [-0.05, 0) is 38.0 Å². The van der Waals surface area contributed by atoms with Crippen molar-refractivity contribution in [1.29, 1.82) is 0 Å². The van der Waals surface area contributed by atoms with Crippen molar-refractivity contribution >= 4 is 5.91 Å². The third-order valence-electron chi connectivity index (χ3n) is 3.43. The standard InChI is InChI=1S/C12H21NO2/c14-12(13-6-2-1-3-7-13)9-11-5-4-8-15-10-11/h11H,1-10H2. The summed E-state index contributed by atoms with van der Waals surface area (Å²) in [6, 6.07) is 0. The molecule has 0 radical (unpaired) electrons. The maximum Gasteiger partial charge on any atom is 0.222 e. The predicted molar refractivity (Wildman–Crippen MR) is 58.6 cm³/mol. The zero-order chi connectivity index (χ0) is 10.5. The van der Waals surface area contributed by atoms with E-state index in [1.807, 2.05) is 4.90 Å². The lowest BCUT2D eigenvalue weighted by Gasteiger charge is -2.29. The summed E-state index contributed by atoms with van der Waals surface area (Å²) in [4.78, 5) is 14.0. The first-order valence-corrected chi connectivity index (χ1v) is 6.22. The highest BCUT2D eigenvalue weighted by molar-refractivity contribution is 5.76. The molecule has 0 aliphatic carbocycles. The van der Waals surface area contributed by atoms with E-state index in [4.69, 9.17) is 4.74 Å². The Morgan fingerprint density at radius 1 is 1.20 bits per heavy atom. The fraction of sp³-hybridized carbons (Fsp3) is 0.917. The summed E-state index contributed by atoms with van der Waals surface area (Å²) in [5, 5.41) is 0. The Balaban J connectivity index is 1.74. The van der Waals surface area contributed by atoms with E-state index < -0.39 is 0 Å². The predicted octanol–water partition coefficient (Wildman–Crippen LogP) is 1.82. The third-order valence-corrected chi connectivity index (χ3v) is 3.43. The molecule has 0 aromatic heterocycles. The Morgan fingerprint density at radius 3 is 2.67 bits per heavy atom.